The predicted octanol–water partition coefficient (Wildman–Crippen LogP) is 3.14. The van der Waals surface area contributed by atoms with E-state index in [4.69, 9.17) is 40.5 Å². The van der Waals surface area contributed by atoms with E-state index in [2.05, 4.69) is 0 Å². The van der Waals surface area contributed by atoms with Crippen molar-refractivity contribution in [1.82, 2.24) is 0 Å². The number of nitrogen functional groups attached to an aromatic ring is 1. The molecule has 0 aliphatic carbocycles. The first-order valence-corrected chi connectivity index (χ1v) is 4.16. The lowest BCUT2D eigenvalue weighted by molar-refractivity contribution is -0.383. The van der Waals surface area contributed by atoms with Crippen molar-refractivity contribution in [3.63, 3.8) is 0 Å². The molecule has 13 heavy (non-hydrogen) atoms. The van der Waals surface area contributed by atoms with Gasteiger partial charge in [-0.05, 0) is 6.07 Å². The molecule has 0 unspecified atom stereocenters. The number of halogens is 3. The average Bonchev–Trinajstić information content (AvgIpc) is 1.99. The fourth-order valence-corrected chi connectivity index (χ4v) is 1.48. The van der Waals surface area contributed by atoms with Crippen LogP contribution in [0.4, 0.5) is 11.4 Å². The lowest BCUT2D eigenvalue weighted by atomic mass is 10.3. The summed E-state index contributed by atoms with van der Waals surface area (Å²) in [7, 11) is 0. The molecule has 0 radical (unpaired) electrons. The Labute approximate surface area is 88.3 Å². The van der Waals surface area contributed by atoms with Gasteiger partial charge in [0.2, 0.25) is 0 Å². The van der Waals surface area contributed by atoms with Gasteiger partial charge in [-0.2, -0.15) is 0 Å². The highest BCUT2D eigenvalue weighted by molar-refractivity contribution is 6.45. The molecule has 1 rings (SSSR count). The smallest absolute Gasteiger partial charge is 0.312 e. The van der Waals surface area contributed by atoms with Crippen LogP contribution in [0.2, 0.25) is 15.1 Å². The third kappa shape index (κ3) is 1.80. The number of nitrogens with zero attached hydrogens (tertiary/aromatic N) is 1. The molecule has 1 aromatic carbocycles. The van der Waals surface area contributed by atoms with Gasteiger partial charge in [0.25, 0.3) is 0 Å². The van der Waals surface area contributed by atoms with Crippen molar-refractivity contribution in [1.29, 1.82) is 0 Å². The standard InChI is InChI=1S/C6H3Cl3N2O2/c7-2-1-3(8)6(11(12)13)5(10)4(2)9/h1H,10H2. The van der Waals surface area contributed by atoms with Gasteiger partial charge in [-0.1, -0.05) is 34.8 Å². The van der Waals surface area contributed by atoms with Gasteiger partial charge in [-0.25, -0.2) is 0 Å². The minimum Gasteiger partial charge on any atom is -0.392 e. The third-order valence-electron chi connectivity index (χ3n) is 1.36. The molecule has 0 amide bonds. The summed E-state index contributed by atoms with van der Waals surface area (Å²) in [5, 5.41) is 10.4. The Bertz CT molecular complexity index is 381. The number of nitrogens with two attached hydrogens (primary N) is 1. The van der Waals surface area contributed by atoms with E-state index in [0.717, 1.165) is 0 Å². The van der Waals surface area contributed by atoms with Crippen molar-refractivity contribution >= 4 is 46.2 Å². The largest absolute Gasteiger partial charge is 0.392 e. The molecule has 0 aliphatic heterocycles. The van der Waals surface area contributed by atoms with Crippen LogP contribution in [0.5, 0.6) is 0 Å². The van der Waals surface area contributed by atoms with Crippen molar-refractivity contribution in [2.24, 2.45) is 0 Å². The SMILES string of the molecule is Nc1c(Cl)c(Cl)cc(Cl)c1[N+](=O)[O-]. The van der Waals surface area contributed by atoms with Crippen LogP contribution in [0.3, 0.4) is 0 Å². The maximum absolute atomic E-state index is 10.4. The van der Waals surface area contributed by atoms with E-state index in [-0.39, 0.29) is 20.8 Å². The van der Waals surface area contributed by atoms with Crippen molar-refractivity contribution in [3.8, 4) is 0 Å². The average molecular weight is 241 g/mol. The summed E-state index contributed by atoms with van der Waals surface area (Å²) in [6.07, 6.45) is 0. The molecule has 0 heterocycles. The fraction of sp³-hybridized carbons (Fsp3) is 0. The fourth-order valence-electron chi connectivity index (χ4n) is 0.790. The van der Waals surface area contributed by atoms with Crippen LogP contribution in [0.1, 0.15) is 0 Å². The Hall–Kier alpha value is -0.710. The first kappa shape index (κ1) is 10.4. The zero-order valence-electron chi connectivity index (χ0n) is 6.05. The quantitative estimate of drug-likeness (QED) is 0.355. The van der Waals surface area contributed by atoms with Gasteiger partial charge in [0.05, 0.1) is 15.0 Å². The summed E-state index contributed by atoms with van der Waals surface area (Å²) in [5.41, 5.74) is 4.70. The minimum atomic E-state index is -0.708. The van der Waals surface area contributed by atoms with Gasteiger partial charge in [-0.3, -0.25) is 10.1 Å². The van der Waals surface area contributed by atoms with Crippen LogP contribution in [0.25, 0.3) is 0 Å². The number of hydrogen-bond donors (Lipinski definition) is 1. The Morgan fingerprint density at radius 3 is 2.31 bits per heavy atom. The van der Waals surface area contributed by atoms with Gasteiger partial charge in [-0.15, -0.1) is 0 Å². The highest BCUT2D eigenvalue weighted by atomic mass is 35.5. The second kappa shape index (κ2) is 3.57. The number of anilines is 1. The van der Waals surface area contributed by atoms with E-state index in [1.165, 1.54) is 6.07 Å². The number of benzene rings is 1. The topological polar surface area (TPSA) is 69.2 Å². The summed E-state index contributed by atoms with van der Waals surface area (Å²) >= 11 is 16.7. The monoisotopic (exact) mass is 240 g/mol. The molecular weight excluding hydrogens is 238 g/mol. The molecule has 0 aliphatic rings. The number of hydrogen-bond acceptors (Lipinski definition) is 3. The molecule has 0 spiro atoms. The zero-order valence-corrected chi connectivity index (χ0v) is 8.32. The molecule has 7 heteroatoms. The molecule has 0 saturated carbocycles. The molecule has 1 aromatic rings. The zero-order chi connectivity index (χ0) is 10.2. The Morgan fingerprint density at radius 2 is 1.85 bits per heavy atom. The molecular formula is C6H3Cl3N2O2. The highest BCUT2D eigenvalue weighted by Crippen LogP contribution is 2.40. The van der Waals surface area contributed by atoms with E-state index in [1.54, 1.807) is 0 Å². The summed E-state index contributed by atoms with van der Waals surface area (Å²) < 4.78 is 0. The summed E-state index contributed by atoms with van der Waals surface area (Å²) in [5.74, 6) is 0. The van der Waals surface area contributed by atoms with Crippen molar-refractivity contribution in [2.75, 3.05) is 5.73 Å². The van der Waals surface area contributed by atoms with Gasteiger partial charge in [0.15, 0.2) is 0 Å². The van der Waals surface area contributed by atoms with E-state index in [0.29, 0.717) is 0 Å². The molecule has 0 fully saturated rings. The predicted molar refractivity (Wildman–Crippen MR) is 52.5 cm³/mol. The van der Waals surface area contributed by atoms with Crippen LogP contribution in [-0.2, 0) is 0 Å². The first-order chi connectivity index (χ1) is 5.95. The van der Waals surface area contributed by atoms with Crippen molar-refractivity contribution in [2.45, 2.75) is 0 Å². The van der Waals surface area contributed by atoms with E-state index in [9.17, 15) is 10.1 Å². The molecule has 0 bridgehead atoms. The van der Waals surface area contributed by atoms with E-state index >= 15 is 0 Å². The summed E-state index contributed by atoms with van der Waals surface area (Å²) in [4.78, 5) is 9.74. The molecule has 0 aromatic heterocycles. The van der Waals surface area contributed by atoms with Gasteiger partial charge >= 0.3 is 5.69 Å². The first-order valence-electron chi connectivity index (χ1n) is 3.02. The molecule has 2 N–H and O–H groups in total. The van der Waals surface area contributed by atoms with Crippen LogP contribution in [0.15, 0.2) is 6.07 Å². The van der Waals surface area contributed by atoms with Gasteiger partial charge in [0, 0.05) is 0 Å². The van der Waals surface area contributed by atoms with Crippen LogP contribution in [-0.4, -0.2) is 4.92 Å². The molecule has 4 nitrogen and oxygen atoms in total. The normalized spacial score (nSPS) is 10.1. The second-order valence-electron chi connectivity index (χ2n) is 2.17. The maximum atomic E-state index is 10.4. The number of rotatable bonds is 1. The van der Waals surface area contributed by atoms with E-state index in [1.807, 2.05) is 0 Å². The van der Waals surface area contributed by atoms with Gasteiger partial charge < -0.3 is 5.73 Å². The number of nitro groups is 1. The third-order valence-corrected chi connectivity index (χ3v) is 2.45. The van der Waals surface area contributed by atoms with Crippen molar-refractivity contribution < 1.29 is 4.92 Å². The minimum absolute atomic E-state index is 0.0576. The summed E-state index contributed by atoms with van der Waals surface area (Å²) in [6.45, 7) is 0. The maximum Gasteiger partial charge on any atom is 0.312 e. The molecule has 0 atom stereocenters. The lowest BCUT2D eigenvalue weighted by Gasteiger charge is -2.03. The van der Waals surface area contributed by atoms with Gasteiger partial charge in [0.1, 0.15) is 10.7 Å². The summed E-state index contributed by atoms with van der Waals surface area (Å²) in [6, 6.07) is 1.18. The Balaban J connectivity index is 3.53. The van der Waals surface area contributed by atoms with Crippen LogP contribution >= 0.6 is 34.8 Å². The van der Waals surface area contributed by atoms with E-state index < -0.39 is 10.6 Å². The Kier molecular flexibility index (Phi) is 2.85. The van der Waals surface area contributed by atoms with Crippen molar-refractivity contribution in [3.05, 3.63) is 31.2 Å². The molecule has 0 saturated heterocycles. The highest BCUT2D eigenvalue weighted by Gasteiger charge is 2.21. The molecule has 70 valence electrons. The lowest BCUT2D eigenvalue weighted by Crippen LogP contribution is -1.97. The number of nitro benzene ring substituents is 1. The Morgan fingerprint density at radius 1 is 1.31 bits per heavy atom. The van der Waals surface area contributed by atoms with Crippen LogP contribution < -0.4 is 5.73 Å². The second-order valence-corrected chi connectivity index (χ2v) is 3.37. The van der Waals surface area contributed by atoms with Crippen LogP contribution in [0, 0.1) is 10.1 Å².